The minimum absolute atomic E-state index is 0.169. The molecule has 1 aliphatic carbocycles. The molecule has 0 unspecified atom stereocenters. The van der Waals surface area contributed by atoms with Gasteiger partial charge in [-0.25, -0.2) is 0 Å². The van der Waals surface area contributed by atoms with E-state index in [1.54, 1.807) is 0 Å². The molecule has 1 aromatic carbocycles. The Balaban J connectivity index is 2.16. The maximum absolute atomic E-state index is 12.8. The van der Waals surface area contributed by atoms with E-state index in [0.29, 0.717) is 6.04 Å². The molecule has 0 atom stereocenters. The number of hydrogen-bond donors (Lipinski definition) is 1. The van der Waals surface area contributed by atoms with Crippen LogP contribution in [0, 0.1) is 5.92 Å². The Morgan fingerprint density at radius 2 is 2.05 bits per heavy atom. The predicted octanol–water partition coefficient (Wildman–Crippen LogP) is 3.77. The van der Waals surface area contributed by atoms with Crippen molar-refractivity contribution in [2.75, 3.05) is 18.4 Å². The average molecular weight is 274 g/mol. The van der Waals surface area contributed by atoms with Crippen LogP contribution >= 0.6 is 0 Å². The van der Waals surface area contributed by atoms with Crippen molar-refractivity contribution in [3.63, 3.8) is 0 Å². The zero-order valence-corrected chi connectivity index (χ0v) is 12.9. The van der Waals surface area contributed by atoms with Crippen molar-refractivity contribution in [1.29, 1.82) is 0 Å². The van der Waals surface area contributed by atoms with Crippen molar-refractivity contribution in [1.82, 2.24) is 4.90 Å². The molecule has 0 aliphatic heterocycles. The summed E-state index contributed by atoms with van der Waals surface area (Å²) in [7, 11) is 0. The molecule has 0 spiro atoms. The molecule has 1 aromatic rings. The van der Waals surface area contributed by atoms with Crippen LogP contribution in [0.4, 0.5) is 5.69 Å². The first-order chi connectivity index (χ1) is 9.61. The van der Waals surface area contributed by atoms with E-state index in [0.717, 1.165) is 36.7 Å². The molecule has 0 bridgehead atoms. The van der Waals surface area contributed by atoms with Crippen LogP contribution in [0.1, 0.15) is 50.4 Å². The van der Waals surface area contributed by atoms with Crippen molar-refractivity contribution in [3.8, 4) is 0 Å². The summed E-state index contributed by atoms with van der Waals surface area (Å²) in [5.41, 5.74) is 1.75. The predicted molar refractivity (Wildman–Crippen MR) is 84.1 cm³/mol. The highest BCUT2D eigenvalue weighted by Crippen LogP contribution is 2.30. The van der Waals surface area contributed by atoms with Crippen LogP contribution in [0.2, 0.25) is 0 Å². The van der Waals surface area contributed by atoms with Crippen molar-refractivity contribution in [2.45, 2.75) is 46.1 Å². The summed E-state index contributed by atoms with van der Waals surface area (Å²) in [6.07, 6.45) is 3.57. The first-order valence-corrected chi connectivity index (χ1v) is 7.76. The third kappa shape index (κ3) is 3.99. The Kier molecular flexibility index (Phi) is 5.05. The van der Waals surface area contributed by atoms with Gasteiger partial charge in [0.2, 0.25) is 0 Å². The molecule has 0 aromatic heterocycles. The summed E-state index contributed by atoms with van der Waals surface area (Å²) in [5, 5.41) is 3.37. The molecule has 0 saturated heterocycles. The van der Waals surface area contributed by atoms with Crippen LogP contribution in [0.5, 0.6) is 0 Å². The minimum Gasteiger partial charge on any atom is -0.382 e. The fourth-order valence-corrected chi connectivity index (χ4v) is 2.43. The van der Waals surface area contributed by atoms with Crippen LogP contribution in [0.25, 0.3) is 0 Å². The lowest BCUT2D eigenvalue weighted by Gasteiger charge is -2.24. The maximum Gasteiger partial charge on any atom is 0.255 e. The van der Waals surface area contributed by atoms with Gasteiger partial charge in [-0.3, -0.25) is 4.79 Å². The Labute approximate surface area is 122 Å². The Morgan fingerprint density at radius 3 is 2.65 bits per heavy atom. The quantitative estimate of drug-likeness (QED) is 0.821. The van der Waals surface area contributed by atoms with E-state index in [1.807, 2.05) is 29.2 Å². The lowest BCUT2D eigenvalue weighted by atomic mass is 10.1. The van der Waals surface area contributed by atoms with Crippen LogP contribution in [0.3, 0.4) is 0 Å². The second-order valence-electron chi connectivity index (χ2n) is 6.04. The molecule has 1 N–H and O–H groups in total. The molecule has 1 amide bonds. The molecule has 3 heteroatoms. The third-order valence-corrected chi connectivity index (χ3v) is 3.56. The normalized spacial score (nSPS) is 14.4. The molecule has 1 aliphatic rings. The lowest BCUT2D eigenvalue weighted by Crippen LogP contribution is -2.34. The molecule has 1 fully saturated rings. The maximum atomic E-state index is 12.8. The fraction of sp³-hybridized carbons (Fsp3) is 0.588. The number of carbonyl (C=O) groups is 1. The van der Waals surface area contributed by atoms with E-state index < -0.39 is 0 Å². The van der Waals surface area contributed by atoms with Gasteiger partial charge in [0.1, 0.15) is 0 Å². The highest BCUT2D eigenvalue weighted by atomic mass is 16.2. The number of para-hydroxylation sites is 1. The summed E-state index contributed by atoms with van der Waals surface area (Å²) in [6.45, 7) is 8.09. The van der Waals surface area contributed by atoms with Crippen molar-refractivity contribution in [3.05, 3.63) is 29.8 Å². The van der Waals surface area contributed by atoms with E-state index in [4.69, 9.17) is 0 Å². The highest BCUT2D eigenvalue weighted by molar-refractivity contribution is 5.99. The van der Waals surface area contributed by atoms with E-state index in [-0.39, 0.29) is 5.91 Å². The summed E-state index contributed by atoms with van der Waals surface area (Å²) in [4.78, 5) is 14.8. The van der Waals surface area contributed by atoms with E-state index in [9.17, 15) is 4.79 Å². The van der Waals surface area contributed by atoms with Gasteiger partial charge in [-0.05, 0) is 51.2 Å². The van der Waals surface area contributed by atoms with Crippen LogP contribution in [0.15, 0.2) is 24.3 Å². The van der Waals surface area contributed by atoms with Crippen LogP contribution in [-0.2, 0) is 0 Å². The molecular formula is C17H26N2O. The summed E-state index contributed by atoms with van der Waals surface area (Å²) in [6, 6.07) is 8.18. The van der Waals surface area contributed by atoms with Crippen molar-refractivity contribution in [2.24, 2.45) is 5.92 Å². The first-order valence-electron chi connectivity index (χ1n) is 7.76. The second kappa shape index (κ2) is 6.78. The molecule has 0 heterocycles. The summed E-state index contributed by atoms with van der Waals surface area (Å²) >= 11 is 0. The minimum atomic E-state index is 0.169. The van der Waals surface area contributed by atoms with Gasteiger partial charge >= 0.3 is 0 Å². The highest BCUT2D eigenvalue weighted by Gasteiger charge is 2.27. The number of amides is 1. The van der Waals surface area contributed by atoms with Gasteiger partial charge in [0.25, 0.3) is 5.91 Å². The number of nitrogens with one attached hydrogen (secondary N) is 1. The topological polar surface area (TPSA) is 32.3 Å². The van der Waals surface area contributed by atoms with Gasteiger partial charge in [-0.2, -0.15) is 0 Å². The Bertz CT molecular complexity index is 452. The summed E-state index contributed by atoms with van der Waals surface area (Å²) < 4.78 is 0. The van der Waals surface area contributed by atoms with E-state index >= 15 is 0 Å². The zero-order chi connectivity index (χ0) is 14.5. The zero-order valence-electron chi connectivity index (χ0n) is 12.9. The Morgan fingerprint density at radius 1 is 1.35 bits per heavy atom. The fourth-order valence-electron chi connectivity index (χ4n) is 2.43. The van der Waals surface area contributed by atoms with E-state index in [2.05, 4.69) is 26.1 Å². The van der Waals surface area contributed by atoms with Gasteiger partial charge in [-0.1, -0.05) is 19.1 Å². The lowest BCUT2D eigenvalue weighted by molar-refractivity contribution is 0.0748. The van der Waals surface area contributed by atoms with Crippen molar-refractivity contribution >= 4 is 11.6 Å². The molecule has 20 heavy (non-hydrogen) atoms. The van der Waals surface area contributed by atoms with E-state index in [1.165, 1.54) is 12.8 Å². The standard InChI is InChI=1S/C17H26N2O/c1-4-11-19(12-14-9-10-14)17(20)15-7-5-6-8-16(15)18-13(2)3/h5-8,13-14,18H,4,9-12H2,1-3H3. The molecule has 3 nitrogen and oxygen atoms in total. The molecule has 110 valence electrons. The number of anilines is 1. The molecule has 2 rings (SSSR count). The van der Waals surface area contributed by atoms with Crippen LogP contribution in [-0.4, -0.2) is 29.9 Å². The largest absolute Gasteiger partial charge is 0.382 e. The SMILES string of the molecule is CCCN(CC1CC1)C(=O)c1ccccc1NC(C)C. The number of hydrogen-bond acceptors (Lipinski definition) is 2. The number of carbonyl (C=O) groups excluding carboxylic acids is 1. The monoisotopic (exact) mass is 274 g/mol. The first kappa shape index (κ1) is 14.9. The average Bonchev–Trinajstić information content (AvgIpc) is 3.21. The van der Waals surface area contributed by atoms with Crippen molar-refractivity contribution < 1.29 is 4.79 Å². The summed E-state index contributed by atoms with van der Waals surface area (Å²) in [5.74, 6) is 0.901. The van der Waals surface area contributed by atoms with Gasteiger partial charge in [0, 0.05) is 24.8 Å². The number of nitrogens with zero attached hydrogens (tertiary/aromatic N) is 1. The third-order valence-electron chi connectivity index (χ3n) is 3.56. The molecule has 1 saturated carbocycles. The number of rotatable bonds is 7. The van der Waals surface area contributed by atoms with Gasteiger partial charge in [-0.15, -0.1) is 0 Å². The molecular weight excluding hydrogens is 248 g/mol. The van der Waals surface area contributed by atoms with Gasteiger partial charge in [0.15, 0.2) is 0 Å². The van der Waals surface area contributed by atoms with Gasteiger partial charge < -0.3 is 10.2 Å². The van der Waals surface area contributed by atoms with Gasteiger partial charge in [0.05, 0.1) is 5.56 Å². The second-order valence-corrected chi connectivity index (χ2v) is 6.04. The molecule has 0 radical (unpaired) electrons. The smallest absolute Gasteiger partial charge is 0.255 e. The number of benzene rings is 1. The Hall–Kier alpha value is -1.51. The van der Waals surface area contributed by atoms with Crippen LogP contribution < -0.4 is 5.32 Å².